The van der Waals surface area contributed by atoms with Gasteiger partial charge in [0.05, 0.1) is 12.1 Å². The first kappa shape index (κ1) is 13.8. The Morgan fingerprint density at radius 3 is 2.86 bits per heavy atom. The highest BCUT2D eigenvalue weighted by atomic mass is 35.5. The summed E-state index contributed by atoms with van der Waals surface area (Å²) in [5.41, 5.74) is 8.70. The maximum atomic E-state index is 6.25. The molecular formula is C17H17ClN2O. The number of rotatable bonds is 4. The molecule has 2 aromatic carbocycles. The van der Waals surface area contributed by atoms with E-state index in [0.29, 0.717) is 13.2 Å². The molecule has 1 aromatic heterocycles. The molecule has 0 fully saturated rings. The number of hydrogen-bond acceptors (Lipinski definition) is 2. The molecule has 0 saturated carbocycles. The molecule has 1 heterocycles. The standard InChI is InChI=1S/C17H17ClN2O/c1-2-21-17-5-3-4-16-14(17)8-9-20(16)11-12-10-13(19)6-7-15(12)18/h3-10H,2,11,19H2,1H3. The number of halogens is 1. The molecule has 0 spiro atoms. The van der Waals surface area contributed by atoms with Crippen LogP contribution >= 0.6 is 11.6 Å². The van der Waals surface area contributed by atoms with E-state index in [0.717, 1.165) is 32.9 Å². The monoisotopic (exact) mass is 300 g/mol. The lowest BCUT2D eigenvalue weighted by molar-refractivity contribution is 0.344. The summed E-state index contributed by atoms with van der Waals surface area (Å²) in [6.45, 7) is 3.33. The van der Waals surface area contributed by atoms with Gasteiger partial charge in [-0.1, -0.05) is 17.7 Å². The normalized spacial score (nSPS) is 11.0. The fourth-order valence-corrected chi connectivity index (χ4v) is 2.69. The van der Waals surface area contributed by atoms with Crippen molar-refractivity contribution in [2.24, 2.45) is 0 Å². The minimum Gasteiger partial charge on any atom is -0.493 e. The van der Waals surface area contributed by atoms with E-state index < -0.39 is 0 Å². The van der Waals surface area contributed by atoms with Gasteiger partial charge in [-0.2, -0.15) is 0 Å². The molecule has 3 nitrogen and oxygen atoms in total. The molecule has 108 valence electrons. The molecule has 4 heteroatoms. The molecule has 3 aromatic rings. The van der Waals surface area contributed by atoms with E-state index in [1.165, 1.54) is 0 Å². The van der Waals surface area contributed by atoms with Crippen LogP contribution in [-0.4, -0.2) is 11.2 Å². The van der Waals surface area contributed by atoms with E-state index in [9.17, 15) is 0 Å². The second-order valence-electron chi connectivity index (χ2n) is 4.92. The number of hydrogen-bond donors (Lipinski definition) is 1. The molecule has 0 atom stereocenters. The third-order valence-corrected chi connectivity index (χ3v) is 3.85. The van der Waals surface area contributed by atoms with Crippen molar-refractivity contribution >= 4 is 28.2 Å². The van der Waals surface area contributed by atoms with Gasteiger partial charge in [-0.3, -0.25) is 0 Å². The van der Waals surface area contributed by atoms with Gasteiger partial charge in [-0.25, -0.2) is 0 Å². The Hall–Kier alpha value is -2.13. The molecule has 0 saturated heterocycles. The Bertz CT molecular complexity index is 780. The number of ether oxygens (including phenoxy) is 1. The van der Waals surface area contributed by atoms with Crippen molar-refractivity contribution in [3.05, 3.63) is 59.2 Å². The van der Waals surface area contributed by atoms with Gasteiger partial charge in [0.25, 0.3) is 0 Å². The minimum absolute atomic E-state index is 0.658. The maximum absolute atomic E-state index is 6.25. The van der Waals surface area contributed by atoms with E-state index in [2.05, 4.69) is 16.7 Å². The average molecular weight is 301 g/mol. The highest BCUT2D eigenvalue weighted by molar-refractivity contribution is 6.31. The van der Waals surface area contributed by atoms with Crippen molar-refractivity contribution in [1.82, 2.24) is 4.57 Å². The predicted octanol–water partition coefficient (Wildman–Crippen LogP) is 4.32. The minimum atomic E-state index is 0.658. The Labute approximate surface area is 128 Å². The van der Waals surface area contributed by atoms with Crippen LogP contribution < -0.4 is 10.5 Å². The van der Waals surface area contributed by atoms with Gasteiger partial charge < -0.3 is 15.0 Å². The van der Waals surface area contributed by atoms with Crippen LogP contribution in [0, 0.1) is 0 Å². The molecular weight excluding hydrogens is 284 g/mol. The van der Waals surface area contributed by atoms with Gasteiger partial charge in [0.1, 0.15) is 5.75 Å². The summed E-state index contributed by atoms with van der Waals surface area (Å²) in [4.78, 5) is 0. The van der Waals surface area contributed by atoms with Gasteiger partial charge in [0, 0.05) is 28.8 Å². The van der Waals surface area contributed by atoms with Crippen molar-refractivity contribution in [2.75, 3.05) is 12.3 Å². The van der Waals surface area contributed by atoms with Gasteiger partial charge in [0.15, 0.2) is 0 Å². The maximum Gasteiger partial charge on any atom is 0.128 e. The molecule has 2 N–H and O–H groups in total. The lowest BCUT2D eigenvalue weighted by atomic mass is 10.2. The second kappa shape index (κ2) is 5.70. The highest BCUT2D eigenvalue weighted by Gasteiger charge is 2.08. The molecule has 3 rings (SSSR count). The summed E-state index contributed by atoms with van der Waals surface area (Å²) in [6.07, 6.45) is 2.05. The van der Waals surface area contributed by atoms with Crippen molar-refractivity contribution in [3.8, 4) is 5.75 Å². The number of anilines is 1. The summed E-state index contributed by atoms with van der Waals surface area (Å²) < 4.78 is 7.82. The third kappa shape index (κ3) is 2.69. The first-order valence-electron chi connectivity index (χ1n) is 6.93. The zero-order valence-corrected chi connectivity index (χ0v) is 12.6. The van der Waals surface area contributed by atoms with Crippen LogP contribution in [0.4, 0.5) is 5.69 Å². The number of nitrogens with two attached hydrogens (primary N) is 1. The fourth-order valence-electron chi connectivity index (χ4n) is 2.51. The number of aromatic nitrogens is 1. The van der Waals surface area contributed by atoms with Crippen molar-refractivity contribution in [3.63, 3.8) is 0 Å². The molecule has 0 bridgehead atoms. The first-order chi connectivity index (χ1) is 10.2. The SMILES string of the molecule is CCOc1cccc2c1ccn2Cc1cc(N)ccc1Cl. The lowest BCUT2D eigenvalue weighted by Gasteiger charge is -2.10. The zero-order chi connectivity index (χ0) is 14.8. The van der Waals surface area contributed by atoms with Gasteiger partial charge in [-0.05, 0) is 48.9 Å². The third-order valence-electron chi connectivity index (χ3n) is 3.48. The van der Waals surface area contributed by atoms with Crippen LogP contribution in [0.2, 0.25) is 5.02 Å². The largest absolute Gasteiger partial charge is 0.493 e. The van der Waals surface area contributed by atoms with Crippen LogP contribution in [0.5, 0.6) is 5.75 Å². The Morgan fingerprint density at radius 2 is 2.05 bits per heavy atom. The van der Waals surface area contributed by atoms with Gasteiger partial charge in [-0.15, -0.1) is 0 Å². The van der Waals surface area contributed by atoms with E-state index in [-0.39, 0.29) is 0 Å². The summed E-state index contributed by atoms with van der Waals surface area (Å²) >= 11 is 6.25. The van der Waals surface area contributed by atoms with Gasteiger partial charge in [0.2, 0.25) is 0 Å². The van der Waals surface area contributed by atoms with E-state index >= 15 is 0 Å². The molecule has 0 aliphatic heterocycles. The number of nitrogen functional groups attached to an aromatic ring is 1. The first-order valence-corrected chi connectivity index (χ1v) is 7.31. The number of fused-ring (bicyclic) bond motifs is 1. The Balaban J connectivity index is 2.01. The second-order valence-corrected chi connectivity index (χ2v) is 5.32. The van der Waals surface area contributed by atoms with E-state index in [1.807, 2.05) is 43.5 Å². The quantitative estimate of drug-likeness (QED) is 0.729. The summed E-state index contributed by atoms with van der Waals surface area (Å²) in [5, 5.41) is 1.84. The molecule has 0 aliphatic carbocycles. The number of nitrogens with zero attached hydrogens (tertiary/aromatic N) is 1. The summed E-state index contributed by atoms with van der Waals surface area (Å²) in [6, 6.07) is 13.7. The fraction of sp³-hybridized carbons (Fsp3) is 0.176. The van der Waals surface area contributed by atoms with Crippen molar-refractivity contribution < 1.29 is 4.74 Å². The zero-order valence-electron chi connectivity index (χ0n) is 11.8. The van der Waals surface area contributed by atoms with Crippen molar-refractivity contribution in [1.29, 1.82) is 0 Å². The Kier molecular flexibility index (Phi) is 3.76. The highest BCUT2D eigenvalue weighted by Crippen LogP contribution is 2.28. The average Bonchev–Trinajstić information content (AvgIpc) is 2.88. The molecule has 0 aliphatic rings. The van der Waals surface area contributed by atoms with Crippen LogP contribution in [0.3, 0.4) is 0 Å². The van der Waals surface area contributed by atoms with Crippen molar-refractivity contribution in [2.45, 2.75) is 13.5 Å². The van der Waals surface area contributed by atoms with Crippen LogP contribution in [0.1, 0.15) is 12.5 Å². The Morgan fingerprint density at radius 1 is 1.19 bits per heavy atom. The van der Waals surface area contributed by atoms with Crippen LogP contribution in [0.15, 0.2) is 48.7 Å². The van der Waals surface area contributed by atoms with Crippen LogP contribution in [-0.2, 0) is 6.54 Å². The molecule has 0 unspecified atom stereocenters. The summed E-state index contributed by atoms with van der Waals surface area (Å²) in [5.74, 6) is 0.910. The molecule has 0 radical (unpaired) electrons. The lowest BCUT2D eigenvalue weighted by Crippen LogP contribution is -2.00. The van der Waals surface area contributed by atoms with Crippen LogP contribution in [0.25, 0.3) is 10.9 Å². The van der Waals surface area contributed by atoms with E-state index in [1.54, 1.807) is 0 Å². The molecule has 0 amide bonds. The van der Waals surface area contributed by atoms with Gasteiger partial charge >= 0.3 is 0 Å². The van der Waals surface area contributed by atoms with E-state index in [4.69, 9.17) is 22.1 Å². The smallest absolute Gasteiger partial charge is 0.128 e. The predicted molar refractivity (Wildman–Crippen MR) is 88.1 cm³/mol. The topological polar surface area (TPSA) is 40.2 Å². The molecule has 21 heavy (non-hydrogen) atoms. The summed E-state index contributed by atoms with van der Waals surface area (Å²) in [7, 11) is 0. The number of benzene rings is 2.